The van der Waals surface area contributed by atoms with Gasteiger partial charge in [-0.05, 0) is 41.8 Å². The summed E-state index contributed by atoms with van der Waals surface area (Å²) in [5, 5.41) is 18.7. The van der Waals surface area contributed by atoms with E-state index in [0.29, 0.717) is 22.8 Å². The Morgan fingerprint density at radius 2 is 1.94 bits per heavy atom. The summed E-state index contributed by atoms with van der Waals surface area (Å²) in [7, 11) is 0. The summed E-state index contributed by atoms with van der Waals surface area (Å²) >= 11 is 7.05. The molecule has 1 unspecified atom stereocenters. The van der Waals surface area contributed by atoms with Crippen molar-refractivity contribution >= 4 is 46.4 Å². The number of thioether (sulfide) groups is 1. The zero-order valence-electron chi connectivity index (χ0n) is 16.9. The minimum atomic E-state index is -1.01. The van der Waals surface area contributed by atoms with Crippen molar-refractivity contribution in [2.75, 3.05) is 6.61 Å². The molecular formula is C22H21ClN2O6S. The molecule has 8 nitrogen and oxygen atoms in total. The van der Waals surface area contributed by atoms with Gasteiger partial charge >= 0.3 is 5.97 Å². The molecule has 2 aromatic carbocycles. The highest BCUT2D eigenvalue weighted by Crippen LogP contribution is 2.26. The van der Waals surface area contributed by atoms with Crippen LogP contribution in [0.5, 0.6) is 5.75 Å². The van der Waals surface area contributed by atoms with Crippen LogP contribution in [0.3, 0.4) is 0 Å². The van der Waals surface area contributed by atoms with Crippen molar-refractivity contribution in [2.24, 2.45) is 0 Å². The zero-order chi connectivity index (χ0) is 23.1. The van der Waals surface area contributed by atoms with Gasteiger partial charge in [0.1, 0.15) is 12.4 Å². The van der Waals surface area contributed by atoms with Gasteiger partial charge in [0.25, 0.3) is 5.24 Å². The molecule has 2 atom stereocenters. The van der Waals surface area contributed by atoms with E-state index in [4.69, 9.17) is 31.6 Å². The van der Waals surface area contributed by atoms with Gasteiger partial charge < -0.3 is 14.6 Å². The van der Waals surface area contributed by atoms with Crippen LogP contribution in [0.1, 0.15) is 30.1 Å². The van der Waals surface area contributed by atoms with E-state index in [2.05, 4.69) is 5.32 Å². The van der Waals surface area contributed by atoms with E-state index in [1.165, 1.54) is 0 Å². The van der Waals surface area contributed by atoms with E-state index in [-0.39, 0.29) is 36.5 Å². The Bertz CT molecular complexity index is 1010. The molecule has 10 heteroatoms. The van der Waals surface area contributed by atoms with Crippen LogP contribution in [0.4, 0.5) is 4.79 Å². The number of carboxylic acid groups (broad SMARTS) is 1. The van der Waals surface area contributed by atoms with Gasteiger partial charge in [-0.3, -0.25) is 25.1 Å². The van der Waals surface area contributed by atoms with Gasteiger partial charge in [-0.2, -0.15) is 0 Å². The van der Waals surface area contributed by atoms with Crippen molar-refractivity contribution in [1.29, 1.82) is 5.41 Å². The molecule has 1 heterocycles. The van der Waals surface area contributed by atoms with Gasteiger partial charge in [-0.15, -0.1) is 0 Å². The number of amides is 2. The second-order valence-corrected chi connectivity index (χ2v) is 8.63. The maximum Gasteiger partial charge on any atom is 0.303 e. The summed E-state index contributed by atoms with van der Waals surface area (Å²) in [6.07, 6.45) is -0.459. The van der Waals surface area contributed by atoms with Gasteiger partial charge in [-0.1, -0.05) is 47.6 Å². The number of carboxylic acids is 1. The third-order valence-corrected chi connectivity index (χ3v) is 5.80. The predicted molar refractivity (Wildman–Crippen MR) is 120 cm³/mol. The standard InChI is InChI=1S/C22H21ClN2O6S/c23-15-3-1-2-14(11-15)17(31-19(24)8-9-20(26)27)12-30-16-6-4-13(5-7-16)10-18-21(28)25-22(29)32-18/h1-7,11,17-18,24H,8-10,12H2,(H,26,27)(H,25,28,29)/t17-,18?/m1/s1. The highest BCUT2D eigenvalue weighted by Gasteiger charge is 2.31. The van der Waals surface area contributed by atoms with Gasteiger partial charge in [-0.25, -0.2) is 0 Å². The summed E-state index contributed by atoms with van der Waals surface area (Å²) in [6, 6.07) is 14.1. The molecule has 32 heavy (non-hydrogen) atoms. The molecule has 1 aliphatic heterocycles. The number of benzene rings is 2. The van der Waals surface area contributed by atoms with E-state index in [1.807, 2.05) is 12.1 Å². The third kappa shape index (κ3) is 7.00. The van der Waals surface area contributed by atoms with Gasteiger partial charge in [0.15, 0.2) is 12.0 Å². The Hall–Kier alpha value is -3.04. The molecule has 1 aliphatic rings. The predicted octanol–water partition coefficient (Wildman–Crippen LogP) is 4.21. The summed E-state index contributed by atoms with van der Waals surface area (Å²) < 4.78 is 11.5. The van der Waals surface area contributed by atoms with E-state index in [1.54, 1.807) is 36.4 Å². The van der Waals surface area contributed by atoms with Gasteiger partial charge in [0.2, 0.25) is 5.91 Å². The second-order valence-electron chi connectivity index (χ2n) is 7.02. The van der Waals surface area contributed by atoms with E-state index < -0.39 is 17.3 Å². The topological polar surface area (TPSA) is 126 Å². The molecule has 1 saturated heterocycles. The normalized spacial score (nSPS) is 16.3. The molecule has 0 saturated carbocycles. The monoisotopic (exact) mass is 476 g/mol. The Morgan fingerprint density at radius 3 is 2.56 bits per heavy atom. The minimum Gasteiger partial charge on any atom is -0.489 e. The molecule has 0 spiro atoms. The Balaban J connectivity index is 1.62. The maximum absolute atomic E-state index is 11.7. The van der Waals surface area contributed by atoms with Crippen LogP contribution in [-0.4, -0.2) is 40.0 Å². The lowest BCUT2D eigenvalue weighted by molar-refractivity contribution is -0.137. The van der Waals surface area contributed by atoms with Crippen LogP contribution in [0.2, 0.25) is 5.02 Å². The number of imide groups is 1. The van der Waals surface area contributed by atoms with Crippen LogP contribution >= 0.6 is 23.4 Å². The fourth-order valence-corrected chi connectivity index (χ4v) is 4.05. The average molecular weight is 477 g/mol. The minimum absolute atomic E-state index is 0.0314. The lowest BCUT2D eigenvalue weighted by atomic mass is 10.1. The molecule has 2 aromatic rings. The second kappa shape index (κ2) is 11.0. The van der Waals surface area contributed by atoms with Crippen LogP contribution < -0.4 is 10.1 Å². The number of halogens is 1. The van der Waals surface area contributed by atoms with Crippen molar-refractivity contribution in [3.8, 4) is 5.75 Å². The number of aliphatic carboxylic acids is 1. The van der Waals surface area contributed by atoms with E-state index in [9.17, 15) is 14.4 Å². The molecule has 0 radical (unpaired) electrons. The number of hydrogen-bond acceptors (Lipinski definition) is 7. The lowest BCUT2D eigenvalue weighted by Gasteiger charge is -2.20. The molecule has 3 N–H and O–H groups in total. The number of nitrogens with one attached hydrogen (secondary N) is 2. The summed E-state index contributed by atoms with van der Waals surface area (Å²) in [6.45, 7) is 0.0739. The first-order chi connectivity index (χ1) is 15.3. The first-order valence-corrected chi connectivity index (χ1v) is 11.0. The van der Waals surface area contributed by atoms with Gasteiger partial charge in [0, 0.05) is 11.4 Å². The first-order valence-electron chi connectivity index (χ1n) is 9.74. The van der Waals surface area contributed by atoms with E-state index in [0.717, 1.165) is 17.3 Å². The highest BCUT2D eigenvalue weighted by atomic mass is 35.5. The fraction of sp³-hybridized carbons (Fsp3) is 0.273. The van der Waals surface area contributed by atoms with Crippen molar-refractivity contribution < 1.29 is 29.0 Å². The maximum atomic E-state index is 11.7. The van der Waals surface area contributed by atoms with Crippen molar-refractivity contribution in [2.45, 2.75) is 30.6 Å². The van der Waals surface area contributed by atoms with Crippen molar-refractivity contribution in [3.05, 3.63) is 64.7 Å². The summed E-state index contributed by atoms with van der Waals surface area (Å²) in [5.74, 6) is -0.890. The molecule has 0 aliphatic carbocycles. The number of carbonyl (C=O) groups excluding carboxylic acids is 2. The van der Waals surface area contributed by atoms with Crippen LogP contribution in [0.25, 0.3) is 0 Å². The van der Waals surface area contributed by atoms with Crippen LogP contribution in [0.15, 0.2) is 48.5 Å². The molecule has 2 amide bonds. The quantitative estimate of drug-likeness (QED) is 0.346. The molecule has 0 aromatic heterocycles. The van der Waals surface area contributed by atoms with Crippen LogP contribution in [-0.2, 0) is 20.7 Å². The number of ether oxygens (including phenoxy) is 2. The van der Waals surface area contributed by atoms with Crippen LogP contribution in [0, 0.1) is 5.41 Å². The van der Waals surface area contributed by atoms with Crippen molar-refractivity contribution in [3.63, 3.8) is 0 Å². The molecule has 1 fully saturated rings. The molecule has 0 bridgehead atoms. The average Bonchev–Trinajstić information content (AvgIpc) is 3.07. The first kappa shape index (κ1) is 23.6. The fourth-order valence-electron chi connectivity index (χ4n) is 2.99. The largest absolute Gasteiger partial charge is 0.489 e. The number of carbonyl (C=O) groups is 3. The Labute approximate surface area is 193 Å². The highest BCUT2D eigenvalue weighted by molar-refractivity contribution is 8.15. The van der Waals surface area contributed by atoms with E-state index >= 15 is 0 Å². The smallest absolute Gasteiger partial charge is 0.303 e. The molecule has 168 valence electrons. The van der Waals surface area contributed by atoms with Crippen molar-refractivity contribution in [1.82, 2.24) is 5.32 Å². The summed E-state index contributed by atoms with van der Waals surface area (Å²) in [5.41, 5.74) is 1.58. The third-order valence-electron chi connectivity index (χ3n) is 4.58. The Morgan fingerprint density at radius 1 is 1.19 bits per heavy atom. The Kier molecular flexibility index (Phi) is 8.13. The number of hydrogen-bond donors (Lipinski definition) is 3. The SMILES string of the molecule is N=C(CCC(=O)O)O[C@H](COc1ccc(CC2SC(=O)NC2=O)cc1)c1cccc(Cl)c1. The van der Waals surface area contributed by atoms with Gasteiger partial charge in [0.05, 0.1) is 11.7 Å². The molecule has 3 rings (SSSR count). The lowest BCUT2D eigenvalue weighted by Crippen LogP contribution is -2.25. The number of rotatable bonds is 10. The molecular weight excluding hydrogens is 456 g/mol. The zero-order valence-corrected chi connectivity index (χ0v) is 18.4. The summed E-state index contributed by atoms with van der Waals surface area (Å²) in [4.78, 5) is 33.8.